The number of likely N-dealkylation sites (N-methyl/N-ethyl adjacent to an activating group) is 1. The van der Waals surface area contributed by atoms with Crippen LogP contribution in [0.15, 0.2) is 22.5 Å². The van der Waals surface area contributed by atoms with Crippen LogP contribution in [-0.2, 0) is 11.2 Å². The van der Waals surface area contributed by atoms with Crippen molar-refractivity contribution < 1.29 is 4.79 Å². The zero-order valence-electron chi connectivity index (χ0n) is 15.2. The van der Waals surface area contributed by atoms with Gasteiger partial charge in [0.25, 0.3) is 0 Å². The summed E-state index contributed by atoms with van der Waals surface area (Å²) in [7, 11) is 3.51. The van der Waals surface area contributed by atoms with Crippen molar-refractivity contribution in [1.29, 1.82) is 0 Å². The molecule has 0 aromatic carbocycles. The van der Waals surface area contributed by atoms with Gasteiger partial charge in [0.1, 0.15) is 6.54 Å². The van der Waals surface area contributed by atoms with Gasteiger partial charge in [0, 0.05) is 36.8 Å². The number of amides is 1. The van der Waals surface area contributed by atoms with E-state index >= 15 is 0 Å². The number of nitrogens with one attached hydrogen (secondary N) is 2. The number of hydrogen-bond donors (Lipinski definition) is 2. The van der Waals surface area contributed by atoms with Crippen LogP contribution in [0.25, 0.3) is 0 Å². The van der Waals surface area contributed by atoms with Gasteiger partial charge >= 0.3 is 0 Å². The second-order valence-corrected chi connectivity index (χ2v) is 9.18. The van der Waals surface area contributed by atoms with Crippen molar-refractivity contribution in [2.75, 3.05) is 39.5 Å². The molecule has 1 atom stereocenters. The Hall–Kier alpha value is -0.480. The first-order valence-electron chi connectivity index (χ1n) is 8.37. The number of nitrogens with zero attached hydrogens (tertiary/aromatic N) is 2. The van der Waals surface area contributed by atoms with E-state index in [4.69, 9.17) is 0 Å². The Labute approximate surface area is 176 Å². The molecule has 142 valence electrons. The largest absolute Gasteiger partial charge is 0.356 e. The Morgan fingerprint density at radius 3 is 2.80 bits per heavy atom. The normalized spacial score (nSPS) is 20.0. The topological polar surface area (TPSA) is 56.7 Å². The van der Waals surface area contributed by atoms with E-state index in [0.717, 1.165) is 25.5 Å². The molecule has 8 heteroatoms. The summed E-state index contributed by atoms with van der Waals surface area (Å²) in [6.07, 6.45) is 3.47. The van der Waals surface area contributed by atoms with Gasteiger partial charge in [-0.2, -0.15) is 11.8 Å². The number of halogens is 1. The van der Waals surface area contributed by atoms with Crippen LogP contribution in [0.4, 0.5) is 0 Å². The van der Waals surface area contributed by atoms with E-state index in [9.17, 15) is 4.79 Å². The molecule has 2 rings (SSSR count). The molecule has 5 nitrogen and oxygen atoms in total. The molecule has 1 aromatic rings. The number of aliphatic imine (C=N–C) groups is 1. The molecule has 0 aliphatic carbocycles. The maximum Gasteiger partial charge on any atom is 0.243 e. The first-order chi connectivity index (χ1) is 11.5. The molecular formula is C17H29IN4OS2. The van der Waals surface area contributed by atoms with Crippen LogP contribution >= 0.6 is 47.1 Å². The van der Waals surface area contributed by atoms with Crippen LogP contribution in [-0.4, -0.2) is 61.0 Å². The van der Waals surface area contributed by atoms with Gasteiger partial charge in [-0.05, 0) is 43.4 Å². The molecule has 2 N–H and O–H groups in total. The molecule has 0 radical (unpaired) electrons. The molecule has 1 aliphatic heterocycles. The molecule has 1 fully saturated rings. The monoisotopic (exact) mass is 496 g/mol. The fraction of sp³-hybridized carbons (Fsp3) is 0.647. The third-order valence-electron chi connectivity index (χ3n) is 4.05. The van der Waals surface area contributed by atoms with E-state index in [-0.39, 0.29) is 41.2 Å². The Kier molecular flexibility index (Phi) is 10.2. The van der Waals surface area contributed by atoms with Gasteiger partial charge in [0.2, 0.25) is 5.91 Å². The summed E-state index contributed by atoms with van der Waals surface area (Å²) in [5, 5.41) is 8.88. The van der Waals surface area contributed by atoms with Gasteiger partial charge in [-0.25, -0.2) is 4.99 Å². The zero-order valence-corrected chi connectivity index (χ0v) is 19.2. The SMILES string of the molecule is CN(C)C(=O)CN=C(NCCc1cccs1)NCC1(C)CCCS1.I. The molecule has 25 heavy (non-hydrogen) atoms. The number of carbonyl (C=O) groups excluding carboxylic acids is 1. The van der Waals surface area contributed by atoms with Gasteiger partial charge in [0.15, 0.2) is 5.96 Å². The van der Waals surface area contributed by atoms with Crippen LogP contribution in [0.5, 0.6) is 0 Å². The quantitative estimate of drug-likeness (QED) is 0.347. The highest BCUT2D eigenvalue weighted by Crippen LogP contribution is 2.36. The summed E-state index contributed by atoms with van der Waals surface area (Å²) in [6, 6.07) is 4.21. The van der Waals surface area contributed by atoms with Gasteiger partial charge in [-0.15, -0.1) is 35.3 Å². The highest BCUT2D eigenvalue weighted by molar-refractivity contribution is 14.0. The van der Waals surface area contributed by atoms with Crippen molar-refractivity contribution >= 4 is 58.9 Å². The summed E-state index contributed by atoms with van der Waals surface area (Å²) in [5.41, 5.74) is 0. The predicted molar refractivity (Wildman–Crippen MR) is 121 cm³/mol. The molecule has 1 unspecified atom stereocenters. The number of rotatable bonds is 7. The number of thioether (sulfide) groups is 1. The molecule has 0 spiro atoms. The van der Waals surface area contributed by atoms with Crippen molar-refractivity contribution in [3.63, 3.8) is 0 Å². The van der Waals surface area contributed by atoms with Gasteiger partial charge in [-0.1, -0.05) is 6.07 Å². The van der Waals surface area contributed by atoms with Crippen molar-refractivity contribution in [1.82, 2.24) is 15.5 Å². The average Bonchev–Trinajstić information content (AvgIpc) is 3.21. The van der Waals surface area contributed by atoms with Crippen LogP contribution in [0.2, 0.25) is 0 Å². The minimum Gasteiger partial charge on any atom is -0.356 e. The molecular weight excluding hydrogens is 467 g/mol. The van der Waals surface area contributed by atoms with E-state index in [1.54, 1.807) is 30.3 Å². The molecule has 1 aliphatic rings. The molecule has 0 saturated carbocycles. The van der Waals surface area contributed by atoms with Crippen LogP contribution in [0.1, 0.15) is 24.6 Å². The lowest BCUT2D eigenvalue weighted by Gasteiger charge is -2.24. The predicted octanol–water partition coefficient (Wildman–Crippen LogP) is 2.82. The lowest BCUT2D eigenvalue weighted by atomic mass is 10.1. The highest BCUT2D eigenvalue weighted by atomic mass is 127. The van der Waals surface area contributed by atoms with Crippen LogP contribution in [0, 0.1) is 0 Å². The second kappa shape index (κ2) is 11.3. The van der Waals surface area contributed by atoms with Gasteiger partial charge in [0.05, 0.1) is 0 Å². The lowest BCUT2D eigenvalue weighted by molar-refractivity contribution is -0.127. The third kappa shape index (κ3) is 8.17. The number of guanidine groups is 1. The third-order valence-corrected chi connectivity index (χ3v) is 6.52. The summed E-state index contributed by atoms with van der Waals surface area (Å²) >= 11 is 3.78. The van der Waals surface area contributed by atoms with E-state index in [1.807, 2.05) is 11.8 Å². The summed E-state index contributed by atoms with van der Waals surface area (Å²) < 4.78 is 0.266. The highest BCUT2D eigenvalue weighted by Gasteiger charge is 2.29. The zero-order chi connectivity index (χ0) is 17.4. The van der Waals surface area contributed by atoms with Crippen molar-refractivity contribution in [3.8, 4) is 0 Å². The molecule has 1 amide bonds. The van der Waals surface area contributed by atoms with Gasteiger partial charge in [-0.3, -0.25) is 4.79 Å². The van der Waals surface area contributed by atoms with E-state index < -0.39 is 0 Å². The minimum absolute atomic E-state index is 0. The maximum absolute atomic E-state index is 11.8. The van der Waals surface area contributed by atoms with Crippen LogP contribution in [0.3, 0.4) is 0 Å². The molecule has 2 heterocycles. The Balaban J connectivity index is 0.00000312. The smallest absolute Gasteiger partial charge is 0.243 e. The molecule has 1 saturated heterocycles. The van der Waals surface area contributed by atoms with E-state index in [0.29, 0.717) is 0 Å². The minimum atomic E-state index is 0. The maximum atomic E-state index is 11.8. The van der Waals surface area contributed by atoms with Gasteiger partial charge < -0.3 is 15.5 Å². The number of thiophene rings is 1. The Morgan fingerprint density at radius 1 is 1.40 bits per heavy atom. The lowest BCUT2D eigenvalue weighted by Crippen LogP contribution is -2.44. The Bertz CT molecular complexity index is 543. The van der Waals surface area contributed by atoms with Crippen LogP contribution < -0.4 is 10.6 Å². The summed E-state index contributed by atoms with van der Waals surface area (Å²) in [4.78, 5) is 19.2. The Morgan fingerprint density at radius 2 is 2.20 bits per heavy atom. The molecule has 1 aromatic heterocycles. The number of hydrogen-bond acceptors (Lipinski definition) is 4. The summed E-state index contributed by atoms with van der Waals surface area (Å²) in [6.45, 7) is 4.15. The summed E-state index contributed by atoms with van der Waals surface area (Å²) in [5.74, 6) is 1.97. The van der Waals surface area contributed by atoms with Crippen molar-refractivity contribution in [2.24, 2.45) is 4.99 Å². The first kappa shape index (κ1) is 22.6. The van der Waals surface area contributed by atoms with Crippen molar-refractivity contribution in [3.05, 3.63) is 22.4 Å². The molecule has 0 bridgehead atoms. The van der Waals surface area contributed by atoms with E-state index in [2.05, 4.69) is 40.1 Å². The van der Waals surface area contributed by atoms with Crippen molar-refractivity contribution in [2.45, 2.75) is 30.9 Å². The standard InChI is InChI=1S/C17H28N4OS2.HI/c1-17(8-5-11-24-17)13-20-16(19-12-15(22)21(2)3)18-9-7-14-6-4-10-23-14;/h4,6,10H,5,7-9,11-13H2,1-3H3,(H2,18,19,20);1H. The average molecular weight is 496 g/mol. The first-order valence-corrected chi connectivity index (χ1v) is 10.2. The second-order valence-electron chi connectivity index (χ2n) is 6.46. The number of carbonyl (C=O) groups is 1. The van der Waals surface area contributed by atoms with E-state index in [1.165, 1.54) is 23.5 Å². The fourth-order valence-corrected chi connectivity index (χ4v) is 4.42. The fourth-order valence-electron chi connectivity index (χ4n) is 2.47.